The quantitative estimate of drug-likeness (QED) is 0.0903. The van der Waals surface area contributed by atoms with Gasteiger partial charge >= 0.3 is 5.97 Å². The van der Waals surface area contributed by atoms with Crippen molar-refractivity contribution in [2.75, 3.05) is 6.61 Å². The summed E-state index contributed by atoms with van der Waals surface area (Å²) in [4.78, 5) is 27.9. The highest BCUT2D eigenvalue weighted by atomic mass is 32.2. The van der Waals surface area contributed by atoms with Crippen molar-refractivity contribution in [1.82, 2.24) is 0 Å². The molecule has 4 aromatic carbocycles. The Bertz CT molecular complexity index is 1510. The van der Waals surface area contributed by atoms with Crippen molar-refractivity contribution in [2.24, 2.45) is 0 Å². The number of benzene rings is 4. The van der Waals surface area contributed by atoms with Gasteiger partial charge in [-0.25, -0.2) is 0 Å². The molecule has 1 saturated heterocycles. The number of hydrogen-bond acceptors (Lipinski definition) is 7. The van der Waals surface area contributed by atoms with Gasteiger partial charge in [0.1, 0.15) is 23.2 Å². The van der Waals surface area contributed by atoms with Gasteiger partial charge in [0.2, 0.25) is 0 Å². The second-order valence-electron chi connectivity index (χ2n) is 13.3. The highest BCUT2D eigenvalue weighted by molar-refractivity contribution is 7.99. The molecule has 0 amide bonds. The number of esters is 1. The van der Waals surface area contributed by atoms with E-state index in [1.54, 1.807) is 0 Å². The van der Waals surface area contributed by atoms with Crippen LogP contribution in [0, 0.1) is 0 Å². The molecule has 0 saturated carbocycles. The van der Waals surface area contributed by atoms with Gasteiger partial charge in [0.05, 0.1) is 6.61 Å². The molecule has 246 valence electrons. The lowest BCUT2D eigenvalue weighted by Crippen LogP contribution is -2.61. The third-order valence-corrected chi connectivity index (χ3v) is 14.6. The summed E-state index contributed by atoms with van der Waals surface area (Å²) < 4.78 is 26.3. The van der Waals surface area contributed by atoms with Crippen LogP contribution in [0.3, 0.4) is 0 Å². The fourth-order valence-corrected chi connectivity index (χ4v) is 7.88. The first-order valence-corrected chi connectivity index (χ1v) is 19.8. The summed E-state index contributed by atoms with van der Waals surface area (Å²) in [6, 6.07) is 39.8. The Morgan fingerprint density at radius 1 is 0.766 bits per heavy atom. The van der Waals surface area contributed by atoms with Crippen molar-refractivity contribution in [3.05, 3.63) is 138 Å². The lowest BCUT2D eigenvalue weighted by molar-refractivity contribution is -0.189. The van der Waals surface area contributed by atoms with E-state index in [4.69, 9.17) is 18.6 Å². The molecule has 0 radical (unpaired) electrons. The monoisotopic (exact) mass is 668 g/mol. The normalized spacial score (nSPS) is 20.5. The predicted molar refractivity (Wildman–Crippen MR) is 189 cm³/mol. The lowest BCUT2D eigenvalue weighted by atomic mass is 9.80. The van der Waals surface area contributed by atoms with Crippen LogP contribution in [0.2, 0.25) is 18.1 Å². The summed E-state index contributed by atoms with van der Waals surface area (Å²) in [6.07, 6.45) is -2.96. The highest BCUT2D eigenvalue weighted by Crippen LogP contribution is 2.44. The zero-order valence-electron chi connectivity index (χ0n) is 27.9. The lowest BCUT2D eigenvalue weighted by Gasteiger charge is -2.45. The van der Waals surface area contributed by atoms with Crippen LogP contribution in [-0.4, -0.2) is 50.4 Å². The Kier molecular flexibility index (Phi) is 10.9. The Hall–Kier alpha value is -3.53. The average molecular weight is 669 g/mol. The molecule has 6 nitrogen and oxygen atoms in total. The minimum Gasteiger partial charge on any atom is -0.456 e. The molecule has 0 spiro atoms. The topological polar surface area (TPSA) is 71.1 Å². The van der Waals surface area contributed by atoms with Crippen molar-refractivity contribution in [3.63, 3.8) is 0 Å². The second kappa shape index (κ2) is 14.7. The summed E-state index contributed by atoms with van der Waals surface area (Å²) in [7, 11) is -2.51. The van der Waals surface area contributed by atoms with Gasteiger partial charge in [-0.3, -0.25) is 9.59 Å². The molecule has 5 rings (SSSR count). The van der Waals surface area contributed by atoms with E-state index >= 15 is 0 Å². The van der Waals surface area contributed by atoms with Crippen LogP contribution in [-0.2, 0) is 33.8 Å². The molecule has 0 aliphatic carbocycles. The van der Waals surface area contributed by atoms with Crippen molar-refractivity contribution in [1.29, 1.82) is 0 Å². The van der Waals surface area contributed by atoms with Gasteiger partial charge in [-0.05, 0) is 47.0 Å². The minimum atomic E-state index is -2.51. The molecule has 1 heterocycles. The van der Waals surface area contributed by atoms with Crippen LogP contribution in [0.15, 0.2) is 126 Å². The molecule has 0 N–H and O–H groups in total. The number of Topliss-reactive ketones (excluding diaryl/α,β-unsaturated/α-hetero) is 1. The summed E-state index contributed by atoms with van der Waals surface area (Å²) in [5.74, 6) is -0.797. The van der Waals surface area contributed by atoms with Crippen molar-refractivity contribution >= 4 is 31.8 Å². The molecule has 4 aromatic rings. The standard InChI is InChI=1S/C39H44O6SSi/c1-28(40)43-36-35(45-47(5,6)38(2,3)4)34(41)33(44-37(36)46-32-25-17-10-18-26-32)27-42-39(29-19-11-7-12-20-29,30-21-13-8-14-22-30)31-23-15-9-16-24-31/h7-26,33,35-37H,27H2,1-6H3/t33-,35+,36-,37+/m1/s1. The van der Waals surface area contributed by atoms with Crippen molar-refractivity contribution in [2.45, 2.75) is 80.1 Å². The fourth-order valence-electron chi connectivity index (χ4n) is 5.54. The number of ether oxygens (including phenoxy) is 3. The minimum absolute atomic E-state index is 0.0620. The SMILES string of the molecule is CC(=O)O[C@H]1[C@H](Sc2ccccc2)O[C@H](COC(c2ccccc2)(c2ccccc2)c2ccccc2)C(=O)[C@@H]1O[Si](C)(C)C(C)(C)C. The molecule has 1 aliphatic rings. The maximum absolute atomic E-state index is 14.5. The third-order valence-electron chi connectivity index (χ3n) is 8.98. The van der Waals surface area contributed by atoms with E-state index < -0.39 is 43.6 Å². The number of ketones is 1. The van der Waals surface area contributed by atoms with E-state index in [0.717, 1.165) is 21.6 Å². The molecule has 0 unspecified atom stereocenters. The van der Waals surface area contributed by atoms with Crippen LogP contribution in [0.1, 0.15) is 44.4 Å². The summed E-state index contributed by atoms with van der Waals surface area (Å²) in [6.45, 7) is 11.8. The van der Waals surface area contributed by atoms with Gasteiger partial charge < -0.3 is 18.6 Å². The number of carbonyl (C=O) groups excluding carboxylic acids is 2. The number of rotatable bonds is 11. The van der Waals surface area contributed by atoms with Crippen LogP contribution >= 0.6 is 11.8 Å². The maximum Gasteiger partial charge on any atom is 0.303 e. The van der Waals surface area contributed by atoms with Gasteiger partial charge in [0.15, 0.2) is 20.2 Å². The van der Waals surface area contributed by atoms with Crippen molar-refractivity contribution < 1.29 is 28.2 Å². The molecule has 0 bridgehead atoms. The fraction of sp³-hybridized carbons (Fsp3) is 0.333. The van der Waals surface area contributed by atoms with Gasteiger partial charge in [-0.15, -0.1) is 0 Å². The predicted octanol–water partition coefficient (Wildman–Crippen LogP) is 8.40. The van der Waals surface area contributed by atoms with E-state index in [1.807, 2.05) is 121 Å². The molecule has 0 aromatic heterocycles. The van der Waals surface area contributed by atoms with E-state index in [-0.39, 0.29) is 17.4 Å². The Morgan fingerprint density at radius 3 is 1.64 bits per heavy atom. The highest BCUT2D eigenvalue weighted by Gasteiger charge is 2.53. The van der Waals surface area contributed by atoms with Gasteiger partial charge in [0.25, 0.3) is 0 Å². The molecular weight excluding hydrogens is 625 g/mol. The second-order valence-corrected chi connectivity index (χ2v) is 19.2. The largest absolute Gasteiger partial charge is 0.456 e. The molecule has 1 fully saturated rings. The molecule has 47 heavy (non-hydrogen) atoms. The maximum atomic E-state index is 14.5. The van der Waals surface area contributed by atoms with Crippen molar-refractivity contribution in [3.8, 4) is 0 Å². The van der Waals surface area contributed by atoms with E-state index in [2.05, 4.69) is 33.9 Å². The van der Waals surface area contributed by atoms with Gasteiger partial charge in [-0.1, -0.05) is 142 Å². The third kappa shape index (κ3) is 7.79. The summed E-state index contributed by atoms with van der Waals surface area (Å²) >= 11 is 1.41. The van der Waals surface area contributed by atoms with Crippen LogP contribution in [0.25, 0.3) is 0 Å². The zero-order valence-corrected chi connectivity index (χ0v) is 29.7. The summed E-state index contributed by atoms with van der Waals surface area (Å²) in [5, 5.41) is -0.191. The summed E-state index contributed by atoms with van der Waals surface area (Å²) in [5.41, 5.74) is 0.994. The Balaban J connectivity index is 1.58. The van der Waals surface area contributed by atoms with E-state index in [0.29, 0.717) is 0 Å². The molecule has 4 atom stereocenters. The number of carbonyl (C=O) groups is 2. The number of hydrogen-bond donors (Lipinski definition) is 0. The van der Waals surface area contributed by atoms with E-state index in [9.17, 15) is 9.59 Å². The van der Waals surface area contributed by atoms with Crippen LogP contribution in [0.5, 0.6) is 0 Å². The first-order chi connectivity index (χ1) is 22.4. The van der Waals surface area contributed by atoms with Gasteiger partial charge in [-0.2, -0.15) is 0 Å². The zero-order chi connectivity index (χ0) is 33.7. The average Bonchev–Trinajstić information content (AvgIpc) is 3.06. The molecule has 8 heteroatoms. The molecular formula is C39H44O6SSi. The van der Waals surface area contributed by atoms with E-state index in [1.165, 1.54) is 18.7 Å². The number of thioether (sulfide) groups is 1. The Labute approximate surface area is 283 Å². The first kappa shape index (κ1) is 34.8. The van der Waals surface area contributed by atoms with Gasteiger partial charge in [0, 0.05) is 11.8 Å². The van der Waals surface area contributed by atoms with Crippen LogP contribution in [0.4, 0.5) is 0 Å². The smallest absolute Gasteiger partial charge is 0.303 e. The molecule has 1 aliphatic heterocycles. The Morgan fingerprint density at radius 2 is 1.21 bits per heavy atom. The van der Waals surface area contributed by atoms with Crippen LogP contribution < -0.4 is 0 Å². The first-order valence-electron chi connectivity index (χ1n) is 16.0.